The van der Waals surface area contributed by atoms with Crippen LogP contribution in [0.25, 0.3) is 10.9 Å². The number of nitrogens with one attached hydrogen (secondary N) is 2. The maximum absolute atomic E-state index is 15.3. The normalized spacial score (nSPS) is 23.7. The Morgan fingerprint density at radius 1 is 1.06 bits per heavy atom. The molecule has 1 atom stereocenters. The summed E-state index contributed by atoms with van der Waals surface area (Å²) in [6.07, 6.45) is 6.81. The van der Waals surface area contributed by atoms with Crippen molar-refractivity contribution >= 4 is 28.4 Å². The lowest BCUT2D eigenvalue weighted by atomic mass is 9.83. The summed E-state index contributed by atoms with van der Waals surface area (Å²) in [4.78, 5) is 26.1. The Kier molecular flexibility index (Phi) is 5.88. The molecule has 0 saturated carbocycles. The fourth-order valence-electron chi connectivity index (χ4n) is 5.75. The summed E-state index contributed by atoms with van der Waals surface area (Å²) in [6, 6.07) is 3.58. The molecule has 0 spiro atoms. The summed E-state index contributed by atoms with van der Waals surface area (Å²) in [7, 11) is 1.78. The van der Waals surface area contributed by atoms with Crippen molar-refractivity contribution in [1.82, 2.24) is 20.4 Å². The smallest absolute Gasteiger partial charge is 0.235 e. The highest BCUT2D eigenvalue weighted by Crippen LogP contribution is 2.36. The average molecular weight is 442 g/mol. The van der Waals surface area contributed by atoms with Gasteiger partial charge in [-0.05, 0) is 75.6 Å². The highest BCUT2D eigenvalue weighted by Gasteiger charge is 2.33. The van der Waals surface area contributed by atoms with Gasteiger partial charge in [0.1, 0.15) is 5.82 Å². The van der Waals surface area contributed by atoms with Gasteiger partial charge in [-0.25, -0.2) is 4.39 Å². The van der Waals surface area contributed by atoms with Crippen LogP contribution in [0.5, 0.6) is 0 Å². The number of hydrogen-bond acceptors (Lipinski definition) is 5. The van der Waals surface area contributed by atoms with Crippen LogP contribution in [0, 0.1) is 17.7 Å². The highest BCUT2D eigenvalue weighted by molar-refractivity contribution is 6.02. The number of anilines is 1. The number of benzene rings is 1. The minimum atomic E-state index is -0.595. The zero-order chi connectivity index (χ0) is 22.2. The second kappa shape index (κ2) is 8.81. The predicted molar refractivity (Wildman–Crippen MR) is 121 cm³/mol. The van der Waals surface area contributed by atoms with E-state index in [2.05, 4.69) is 20.6 Å². The SMILES string of the molecule is Cn1nc(C2CCC(=O)NC2=O)c2c(F)cc(N3CCC(CC4CCNCC4)CC3)cc21. The first-order valence-corrected chi connectivity index (χ1v) is 11.9. The predicted octanol–water partition coefficient (Wildman–Crippen LogP) is 2.84. The summed E-state index contributed by atoms with van der Waals surface area (Å²) < 4.78 is 17.0. The second-order valence-corrected chi connectivity index (χ2v) is 9.69. The molecule has 32 heavy (non-hydrogen) atoms. The molecule has 7 nitrogen and oxygen atoms in total. The Hall–Kier alpha value is -2.48. The van der Waals surface area contributed by atoms with Crippen LogP contribution in [0.3, 0.4) is 0 Å². The monoisotopic (exact) mass is 441 g/mol. The van der Waals surface area contributed by atoms with Crippen molar-refractivity contribution in [3.63, 3.8) is 0 Å². The number of carbonyl (C=O) groups excluding carboxylic acids is 2. The summed E-state index contributed by atoms with van der Waals surface area (Å²) in [5, 5.41) is 10.7. The minimum absolute atomic E-state index is 0.250. The van der Waals surface area contributed by atoms with E-state index in [1.54, 1.807) is 17.8 Å². The number of hydrogen-bond donors (Lipinski definition) is 2. The number of fused-ring (bicyclic) bond motifs is 1. The maximum Gasteiger partial charge on any atom is 0.235 e. The van der Waals surface area contributed by atoms with Gasteiger partial charge >= 0.3 is 0 Å². The summed E-state index contributed by atoms with van der Waals surface area (Å²) in [6.45, 7) is 4.18. The molecule has 0 bridgehead atoms. The fraction of sp³-hybridized carbons (Fsp3) is 0.625. The first-order chi connectivity index (χ1) is 15.5. The summed E-state index contributed by atoms with van der Waals surface area (Å²) in [5.74, 6) is 0.00320. The van der Waals surface area contributed by atoms with Gasteiger partial charge in [-0.2, -0.15) is 5.10 Å². The largest absolute Gasteiger partial charge is 0.371 e. The van der Waals surface area contributed by atoms with E-state index >= 15 is 4.39 Å². The van der Waals surface area contributed by atoms with Crippen molar-refractivity contribution in [1.29, 1.82) is 0 Å². The van der Waals surface area contributed by atoms with Crippen LogP contribution >= 0.6 is 0 Å². The number of aryl methyl sites for hydroxylation is 1. The van der Waals surface area contributed by atoms with Crippen molar-refractivity contribution in [2.45, 2.75) is 50.9 Å². The Labute approximate surface area is 187 Å². The molecule has 2 aromatic rings. The topological polar surface area (TPSA) is 79.3 Å². The molecule has 1 aromatic heterocycles. The Bertz CT molecular complexity index is 1020. The first kappa shape index (κ1) is 21.4. The van der Waals surface area contributed by atoms with Crippen molar-refractivity contribution in [3.8, 4) is 0 Å². The van der Waals surface area contributed by atoms with Crippen LogP contribution in [0.1, 0.15) is 56.6 Å². The average Bonchev–Trinajstić information content (AvgIpc) is 3.12. The van der Waals surface area contributed by atoms with Gasteiger partial charge in [0.25, 0.3) is 0 Å². The Morgan fingerprint density at radius 3 is 2.50 bits per heavy atom. The molecule has 3 saturated heterocycles. The molecule has 8 heteroatoms. The molecule has 0 aliphatic carbocycles. The van der Waals surface area contributed by atoms with Crippen molar-refractivity contribution in [3.05, 3.63) is 23.6 Å². The number of amides is 2. The number of carbonyl (C=O) groups is 2. The first-order valence-electron chi connectivity index (χ1n) is 11.9. The number of rotatable bonds is 4. The lowest BCUT2D eigenvalue weighted by Gasteiger charge is -2.36. The van der Waals surface area contributed by atoms with Crippen LogP contribution < -0.4 is 15.5 Å². The van der Waals surface area contributed by atoms with Gasteiger partial charge in [0, 0.05) is 32.2 Å². The third-order valence-electron chi connectivity index (χ3n) is 7.59. The van der Waals surface area contributed by atoms with E-state index in [4.69, 9.17) is 0 Å². The number of imide groups is 1. The van der Waals surface area contributed by atoms with Gasteiger partial charge in [0.15, 0.2) is 0 Å². The van der Waals surface area contributed by atoms with Crippen LogP contribution in [-0.2, 0) is 16.6 Å². The lowest BCUT2D eigenvalue weighted by molar-refractivity contribution is -0.134. The summed E-state index contributed by atoms with van der Waals surface area (Å²) >= 11 is 0. The molecule has 172 valence electrons. The molecule has 3 aliphatic heterocycles. The van der Waals surface area contributed by atoms with Gasteiger partial charge in [0.05, 0.1) is 22.5 Å². The van der Waals surface area contributed by atoms with Crippen molar-refractivity contribution in [2.75, 3.05) is 31.1 Å². The van der Waals surface area contributed by atoms with Crippen LogP contribution in [0.15, 0.2) is 12.1 Å². The third kappa shape index (κ3) is 4.12. The molecule has 1 unspecified atom stereocenters. The number of piperidine rings is 3. The Morgan fingerprint density at radius 2 is 1.78 bits per heavy atom. The van der Waals surface area contributed by atoms with E-state index in [0.717, 1.165) is 56.5 Å². The van der Waals surface area contributed by atoms with Crippen LogP contribution in [-0.4, -0.2) is 47.8 Å². The van der Waals surface area contributed by atoms with Crippen LogP contribution in [0.2, 0.25) is 0 Å². The molecule has 3 aliphatic rings. The fourth-order valence-corrected chi connectivity index (χ4v) is 5.75. The van der Waals surface area contributed by atoms with Crippen molar-refractivity contribution in [2.24, 2.45) is 18.9 Å². The zero-order valence-electron chi connectivity index (χ0n) is 18.7. The zero-order valence-corrected chi connectivity index (χ0v) is 18.7. The minimum Gasteiger partial charge on any atom is -0.371 e. The van der Waals surface area contributed by atoms with Gasteiger partial charge in [-0.3, -0.25) is 19.6 Å². The molecule has 4 heterocycles. The molecule has 1 aromatic carbocycles. The highest BCUT2D eigenvalue weighted by atomic mass is 19.1. The molecule has 2 N–H and O–H groups in total. The van der Waals surface area contributed by atoms with Crippen molar-refractivity contribution < 1.29 is 14.0 Å². The molecular formula is C24H32FN5O2. The van der Waals surface area contributed by atoms with Gasteiger partial charge in [0.2, 0.25) is 11.8 Å². The van der Waals surface area contributed by atoms with E-state index < -0.39 is 5.92 Å². The van der Waals surface area contributed by atoms with E-state index in [0.29, 0.717) is 23.0 Å². The van der Waals surface area contributed by atoms with Gasteiger partial charge in [-0.15, -0.1) is 0 Å². The molecule has 5 rings (SSSR count). The third-order valence-corrected chi connectivity index (χ3v) is 7.59. The molecule has 0 radical (unpaired) electrons. The quantitative estimate of drug-likeness (QED) is 0.714. The maximum atomic E-state index is 15.3. The molecular weight excluding hydrogens is 409 g/mol. The number of halogens is 1. The van der Waals surface area contributed by atoms with E-state index in [1.807, 2.05) is 6.07 Å². The van der Waals surface area contributed by atoms with Gasteiger partial charge in [-0.1, -0.05) is 0 Å². The molecule has 2 amide bonds. The number of nitrogens with zero attached hydrogens (tertiary/aromatic N) is 3. The number of aromatic nitrogens is 2. The molecule has 3 fully saturated rings. The summed E-state index contributed by atoms with van der Waals surface area (Å²) in [5.41, 5.74) is 2.00. The van der Waals surface area contributed by atoms with Crippen LogP contribution in [0.4, 0.5) is 10.1 Å². The van der Waals surface area contributed by atoms with E-state index in [-0.39, 0.29) is 24.1 Å². The van der Waals surface area contributed by atoms with E-state index in [9.17, 15) is 9.59 Å². The Balaban J connectivity index is 1.32. The van der Waals surface area contributed by atoms with E-state index in [1.165, 1.54) is 19.3 Å². The second-order valence-electron chi connectivity index (χ2n) is 9.69. The lowest BCUT2D eigenvalue weighted by Crippen LogP contribution is -2.39. The van der Waals surface area contributed by atoms with Gasteiger partial charge < -0.3 is 10.2 Å². The standard InChI is InChI=1S/C24H32FN5O2/c1-29-20-14-17(30-10-6-16(7-11-30)12-15-4-8-26-9-5-15)13-19(25)22(20)23(28-29)18-2-3-21(31)27-24(18)32/h13-16,18,26H,2-12H2,1H3,(H,27,31,32).